The molecule has 0 saturated carbocycles. The lowest BCUT2D eigenvalue weighted by Crippen LogP contribution is -2.60. The van der Waals surface area contributed by atoms with E-state index in [1.165, 1.54) is 103 Å². The molecule has 0 spiro atoms. The van der Waals surface area contributed by atoms with E-state index in [0.29, 0.717) is 52.9 Å². The standard InChI is InChI=1S/C41H90N3O8/c1-5-6-7-8-9-10-11-12-13-14-15-16-17-18-19-20-21-42(2,26-34-49-38-30-45)22-23-43(3,27-35-50-39-31-46)24-25-44(4,28-36-51-40-32-47)29-37-52-41-33-48/h45-48H,5-41H2,1-4H3/q+3. The highest BCUT2D eigenvalue weighted by Gasteiger charge is 2.32. The maximum Gasteiger partial charge on any atom is 0.129 e. The van der Waals surface area contributed by atoms with Gasteiger partial charge in [0.1, 0.15) is 52.4 Å². The van der Waals surface area contributed by atoms with Crippen LogP contribution in [0.4, 0.5) is 0 Å². The first kappa shape index (κ1) is 51.6. The number of quaternary nitrogens is 3. The smallest absolute Gasteiger partial charge is 0.129 e. The predicted octanol–water partition coefficient (Wildman–Crippen LogP) is 4.62. The fourth-order valence-electron chi connectivity index (χ4n) is 6.82. The summed E-state index contributed by atoms with van der Waals surface area (Å²) in [6.07, 6.45) is 22.0. The van der Waals surface area contributed by atoms with E-state index >= 15 is 0 Å². The van der Waals surface area contributed by atoms with Crippen molar-refractivity contribution in [2.24, 2.45) is 0 Å². The first-order valence-corrected chi connectivity index (χ1v) is 21.5. The predicted molar refractivity (Wildman–Crippen MR) is 214 cm³/mol. The number of hydrogen-bond donors (Lipinski definition) is 4. The van der Waals surface area contributed by atoms with Crippen molar-refractivity contribution in [1.29, 1.82) is 0 Å². The van der Waals surface area contributed by atoms with Gasteiger partial charge in [0.25, 0.3) is 0 Å². The van der Waals surface area contributed by atoms with E-state index in [1.54, 1.807) is 0 Å². The van der Waals surface area contributed by atoms with E-state index in [0.717, 1.165) is 72.4 Å². The van der Waals surface area contributed by atoms with E-state index in [9.17, 15) is 20.4 Å². The van der Waals surface area contributed by atoms with Crippen LogP contribution in [0.15, 0.2) is 0 Å². The van der Waals surface area contributed by atoms with Crippen molar-refractivity contribution in [2.75, 3.05) is 159 Å². The fourth-order valence-corrected chi connectivity index (χ4v) is 6.82. The molecule has 0 saturated heterocycles. The molecule has 2 atom stereocenters. The normalized spacial score (nSPS) is 14.5. The molecule has 52 heavy (non-hydrogen) atoms. The van der Waals surface area contributed by atoms with Gasteiger partial charge in [-0.2, -0.15) is 0 Å². The first-order valence-electron chi connectivity index (χ1n) is 21.5. The third kappa shape index (κ3) is 31.9. The van der Waals surface area contributed by atoms with Crippen LogP contribution < -0.4 is 0 Å². The number of likely N-dealkylation sites (N-methyl/N-ethyl adjacent to an activating group) is 3. The molecule has 0 aliphatic heterocycles. The van der Waals surface area contributed by atoms with Crippen molar-refractivity contribution >= 4 is 0 Å². The largest absolute Gasteiger partial charge is 0.394 e. The Bertz CT molecular complexity index is 728. The second kappa shape index (κ2) is 36.2. The Kier molecular flexibility index (Phi) is 35.9. The van der Waals surface area contributed by atoms with Crippen molar-refractivity contribution in [2.45, 2.75) is 110 Å². The maximum absolute atomic E-state index is 9.30. The summed E-state index contributed by atoms with van der Waals surface area (Å²) in [5, 5.41) is 36.9. The Hall–Kier alpha value is -0.440. The minimum atomic E-state index is 0.0215. The van der Waals surface area contributed by atoms with Crippen molar-refractivity contribution in [3.05, 3.63) is 0 Å². The van der Waals surface area contributed by atoms with Crippen LogP contribution in [0.1, 0.15) is 110 Å². The molecule has 11 heteroatoms. The van der Waals surface area contributed by atoms with Crippen LogP contribution in [0.3, 0.4) is 0 Å². The molecule has 0 bridgehead atoms. The van der Waals surface area contributed by atoms with Crippen LogP contribution in [0.5, 0.6) is 0 Å². The fraction of sp³-hybridized carbons (Fsp3) is 1.00. The third-order valence-corrected chi connectivity index (χ3v) is 11.0. The molecular weight excluding hydrogens is 662 g/mol. The lowest BCUT2D eigenvalue weighted by molar-refractivity contribution is -0.985. The second-order valence-electron chi connectivity index (χ2n) is 16.0. The molecule has 0 aromatic carbocycles. The van der Waals surface area contributed by atoms with Gasteiger partial charge in [0.15, 0.2) is 0 Å². The third-order valence-electron chi connectivity index (χ3n) is 11.0. The Labute approximate surface area is 321 Å². The molecule has 2 unspecified atom stereocenters. The SMILES string of the molecule is CCCCCCCCCCCCCCCCCC[N+](C)(CCOCCO)CC[N+](C)(CCOCCO)CC[N+](C)(CCOCCO)CCOCCO. The van der Waals surface area contributed by atoms with E-state index in [4.69, 9.17) is 18.9 Å². The molecule has 0 rings (SSSR count). The summed E-state index contributed by atoms with van der Waals surface area (Å²) in [6, 6.07) is 0. The molecule has 4 N–H and O–H groups in total. The molecular formula is C41H90N3O8+3. The number of unbranched alkanes of at least 4 members (excludes halogenated alkanes) is 15. The van der Waals surface area contributed by atoms with Gasteiger partial charge in [-0.3, -0.25) is 0 Å². The van der Waals surface area contributed by atoms with Gasteiger partial charge in [-0.15, -0.1) is 0 Å². The molecule has 0 aliphatic rings. The monoisotopic (exact) mass is 753 g/mol. The summed E-state index contributed by atoms with van der Waals surface area (Å²) in [6.45, 7) is 14.7. The molecule has 0 heterocycles. The second-order valence-corrected chi connectivity index (χ2v) is 16.0. The Morgan fingerprint density at radius 1 is 0.288 bits per heavy atom. The number of aliphatic hydroxyl groups excluding tert-OH is 4. The van der Waals surface area contributed by atoms with Gasteiger partial charge in [0, 0.05) is 0 Å². The van der Waals surface area contributed by atoms with Crippen LogP contribution in [0, 0.1) is 0 Å². The molecule has 0 aliphatic carbocycles. The molecule has 0 aromatic heterocycles. The van der Waals surface area contributed by atoms with Crippen molar-refractivity contribution in [1.82, 2.24) is 0 Å². The lowest BCUT2D eigenvalue weighted by atomic mass is 10.0. The molecule has 0 amide bonds. The maximum atomic E-state index is 9.30. The Morgan fingerprint density at radius 2 is 0.519 bits per heavy atom. The summed E-state index contributed by atoms with van der Waals surface area (Å²) in [4.78, 5) is 0. The summed E-state index contributed by atoms with van der Waals surface area (Å²) in [5.41, 5.74) is 0. The van der Waals surface area contributed by atoms with Crippen molar-refractivity contribution < 1.29 is 52.8 Å². The van der Waals surface area contributed by atoms with Crippen LogP contribution in [0.2, 0.25) is 0 Å². The topological polar surface area (TPSA) is 118 Å². The highest BCUT2D eigenvalue weighted by molar-refractivity contribution is 4.53. The van der Waals surface area contributed by atoms with Crippen LogP contribution >= 0.6 is 0 Å². The van der Waals surface area contributed by atoms with E-state index < -0.39 is 0 Å². The molecule has 0 aromatic rings. The van der Waals surface area contributed by atoms with E-state index in [-0.39, 0.29) is 26.4 Å². The molecule has 0 radical (unpaired) electrons. The molecule has 0 fully saturated rings. The number of nitrogens with zero attached hydrogens (tertiary/aromatic N) is 3. The summed E-state index contributed by atoms with van der Waals surface area (Å²) >= 11 is 0. The zero-order chi connectivity index (χ0) is 38.5. The Balaban J connectivity index is 5.03. The summed E-state index contributed by atoms with van der Waals surface area (Å²) in [5.74, 6) is 0. The van der Waals surface area contributed by atoms with Gasteiger partial charge in [-0.1, -0.05) is 96.8 Å². The average molecular weight is 753 g/mol. The van der Waals surface area contributed by atoms with Crippen LogP contribution in [0.25, 0.3) is 0 Å². The van der Waals surface area contributed by atoms with Crippen LogP contribution in [-0.4, -0.2) is 193 Å². The zero-order valence-corrected chi connectivity index (χ0v) is 34.9. The highest BCUT2D eigenvalue weighted by Crippen LogP contribution is 2.16. The van der Waals surface area contributed by atoms with Gasteiger partial charge in [0.2, 0.25) is 0 Å². The van der Waals surface area contributed by atoms with Gasteiger partial charge in [0.05, 0.1) is 107 Å². The number of aliphatic hydroxyl groups is 4. The van der Waals surface area contributed by atoms with Gasteiger partial charge >= 0.3 is 0 Å². The van der Waals surface area contributed by atoms with Gasteiger partial charge in [-0.05, 0) is 12.8 Å². The van der Waals surface area contributed by atoms with E-state index in [2.05, 4.69) is 28.1 Å². The minimum Gasteiger partial charge on any atom is -0.394 e. The van der Waals surface area contributed by atoms with Crippen molar-refractivity contribution in [3.8, 4) is 0 Å². The van der Waals surface area contributed by atoms with Crippen molar-refractivity contribution in [3.63, 3.8) is 0 Å². The molecule has 314 valence electrons. The highest BCUT2D eigenvalue weighted by atomic mass is 16.5. The van der Waals surface area contributed by atoms with Gasteiger partial charge < -0.3 is 52.8 Å². The first-order chi connectivity index (χ1) is 25.2. The minimum absolute atomic E-state index is 0.0215. The number of hydrogen-bond acceptors (Lipinski definition) is 8. The summed E-state index contributed by atoms with van der Waals surface area (Å²) in [7, 11) is 6.95. The molecule has 11 nitrogen and oxygen atoms in total. The number of rotatable bonds is 43. The van der Waals surface area contributed by atoms with E-state index in [1.807, 2.05) is 0 Å². The lowest BCUT2D eigenvalue weighted by Gasteiger charge is -2.42. The Morgan fingerprint density at radius 3 is 0.788 bits per heavy atom. The average Bonchev–Trinajstić information content (AvgIpc) is 3.14. The number of ether oxygens (including phenoxy) is 4. The zero-order valence-electron chi connectivity index (χ0n) is 34.9. The quantitative estimate of drug-likeness (QED) is 0.0527. The van der Waals surface area contributed by atoms with Crippen LogP contribution in [-0.2, 0) is 18.9 Å². The van der Waals surface area contributed by atoms with Gasteiger partial charge in [-0.25, -0.2) is 0 Å². The summed E-state index contributed by atoms with van der Waals surface area (Å²) < 4.78 is 25.4.